The van der Waals surface area contributed by atoms with Crippen molar-refractivity contribution in [2.45, 2.75) is 52.1 Å². The summed E-state index contributed by atoms with van der Waals surface area (Å²) in [7, 11) is 3.26. The van der Waals surface area contributed by atoms with Crippen molar-refractivity contribution in [3.05, 3.63) is 82.6 Å². The molecule has 2 heterocycles. The predicted molar refractivity (Wildman–Crippen MR) is 180 cm³/mol. The van der Waals surface area contributed by atoms with Crippen LogP contribution in [0.2, 0.25) is 0 Å². The molecule has 1 aromatic heterocycles. The Morgan fingerprint density at radius 3 is 2.36 bits per heavy atom. The number of fused-ring (bicyclic) bond motifs is 1. The lowest BCUT2D eigenvalue weighted by molar-refractivity contribution is -0.122. The molecule has 5 rings (SSSR count). The molecule has 9 nitrogen and oxygen atoms in total. The summed E-state index contributed by atoms with van der Waals surface area (Å²) in [5, 5.41) is 0.446. The number of primary amides is 1. The van der Waals surface area contributed by atoms with Crippen molar-refractivity contribution >= 4 is 22.5 Å². The SMILES string of the molecule is COc1ccc(CN(CCCN2CCCCC2)c2ccc3nc(-c4cccc(OC)c4)n(C(C(N)=O)C(C)C)c(=O)c3c2)cc1. The molecule has 0 radical (unpaired) electrons. The number of nitrogens with two attached hydrogens (primary N) is 1. The number of hydrogen-bond donors (Lipinski definition) is 1. The molecule has 0 saturated carbocycles. The second-order valence-corrected chi connectivity index (χ2v) is 12.2. The van der Waals surface area contributed by atoms with Gasteiger partial charge in [0.25, 0.3) is 5.56 Å². The number of carbonyl (C=O) groups is 1. The highest BCUT2D eigenvalue weighted by Gasteiger charge is 2.28. The van der Waals surface area contributed by atoms with E-state index in [2.05, 4.69) is 21.9 Å². The van der Waals surface area contributed by atoms with E-state index in [4.69, 9.17) is 20.2 Å². The zero-order valence-corrected chi connectivity index (χ0v) is 26.9. The van der Waals surface area contributed by atoms with E-state index in [1.165, 1.54) is 23.8 Å². The molecule has 4 aromatic rings. The number of methoxy groups -OCH3 is 2. The summed E-state index contributed by atoms with van der Waals surface area (Å²) in [6.07, 6.45) is 4.85. The van der Waals surface area contributed by atoms with Gasteiger partial charge in [-0.25, -0.2) is 4.98 Å². The highest BCUT2D eigenvalue weighted by atomic mass is 16.5. The first kappa shape index (κ1) is 32.0. The Hall–Kier alpha value is -4.37. The van der Waals surface area contributed by atoms with Crippen molar-refractivity contribution in [1.82, 2.24) is 14.5 Å². The first-order valence-corrected chi connectivity index (χ1v) is 15.9. The summed E-state index contributed by atoms with van der Waals surface area (Å²) >= 11 is 0. The van der Waals surface area contributed by atoms with Crippen LogP contribution in [0, 0.1) is 5.92 Å². The summed E-state index contributed by atoms with van der Waals surface area (Å²) in [6, 6.07) is 20.4. The van der Waals surface area contributed by atoms with E-state index in [9.17, 15) is 9.59 Å². The summed E-state index contributed by atoms with van der Waals surface area (Å²) < 4.78 is 12.3. The lowest BCUT2D eigenvalue weighted by Crippen LogP contribution is -2.38. The molecule has 2 N–H and O–H groups in total. The second-order valence-electron chi connectivity index (χ2n) is 12.2. The molecule has 0 bridgehead atoms. The van der Waals surface area contributed by atoms with Gasteiger partial charge in [0, 0.05) is 24.3 Å². The minimum atomic E-state index is -0.876. The zero-order chi connectivity index (χ0) is 31.9. The third-order valence-corrected chi connectivity index (χ3v) is 8.66. The molecule has 45 heavy (non-hydrogen) atoms. The third-order valence-electron chi connectivity index (χ3n) is 8.66. The maximum absolute atomic E-state index is 14.4. The van der Waals surface area contributed by atoms with Gasteiger partial charge in [-0.05, 0) is 92.8 Å². The number of rotatable bonds is 13. The van der Waals surface area contributed by atoms with Gasteiger partial charge in [0.2, 0.25) is 5.91 Å². The van der Waals surface area contributed by atoms with Gasteiger partial charge in [-0.15, -0.1) is 0 Å². The fourth-order valence-electron chi connectivity index (χ4n) is 6.28. The average molecular weight is 612 g/mol. The number of aromatic nitrogens is 2. The van der Waals surface area contributed by atoms with Crippen LogP contribution in [0.1, 0.15) is 51.1 Å². The topological polar surface area (TPSA) is 103 Å². The number of benzene rings is 3. The normalized spacial score (nSPS) is 14.4. The molecular weight excluding hydrogens is 566 g/mol. The van der Waals surface area contributed by atoms with Gasteiger partial charge in [-0.2, -0.15) is 0 Å². The Kier molecular flexibility index (Phi) is 10.4. The van der Waals surface area contributed by atoms with Gasteiger partial charge < -0.3 is 25.0 Å². The number of amides is 1. The number of nitrogens with zero attached hydrogens (tertiary/aromatic N) is 4. The standard InChI is InChI=1S/C36H45N5O4/c1-25(2)33(34(37)42)41-35(27-10-8-11-30(22-27)45-4)38-32-17-14-28(23-31(32)36(41)43)40(21-9-20-39-18-6-5-7-19-39)24-26-12-15-29(44-3)16-13-26/h8,10-17,22-23,25,33H,5-7,9,18-21,24H2,1-4H3,(H2,37,42). The van der Waals surface area contributed by atoms with Crippen LogP contribution in [0.4, 0.5) is 5.69 Å². The van der Waals surface area contributed by atoms with E-state index in [-0.39, 0.29) is 11.5 Å². The van der Waals surface area contributed by atoms with Crippen LogP contribution in [-0.4, -0.2) is 60.8 Å². The molecule has 0 spiro atoms. The van der Waals surface area contributed by atoms with E-state index in [0.29, 0.717) is 34.6 Å². The van der Waals surface area contributed by atoms with Crippen molar-refractivity contribution in [3.8, 4) is 22.9 Å². The Morgan fingerprint density at radius 1 is 0.956 bits per heavy atom. The van der Waals surface area contributed by atoms with Gasteiger partial charge in [0.1, 0.15) is 23.4 Å². The predicted octanol–water partition coefficient (Wildman–Crippen LogP) is 5.65. The molecule has 1 amide bonds. The van der Waals surface area contributed by atoms with E-state index < -0.39 is 11.9 Å². The molecule has 1 atom stereocenters. The monoisotopic (exact) mass is 611 g/mol. The molecule has 1 unspecified atom stereocenters. The number of anilines is 1. The Labute approximate surface area is 265 Å². The minimum absolute atomic E-state index is 0.228. The number of carbonyl (C=O) groups excluding carboxylic acids is 1. The van der Waals surface area contributed by atoms with Gasteiger partial charge in [0.05, 0.1) is 25.1 Å². The quantitative estimate of drug-likeness (QED) is 0.209. The maximum Gasteiger partial charge on any atom is 0.262 e. The van der Waals surface area contributed by atoms with Crippen molar-refractivity contribution in [1.29, 1.82) is 0 Å². The second kappa shape index (κ2) is 14.6. The fourth-order valence-corrected chi connectivity index (χ4v) is 6.28. The third kappa shape index (κ3) is 7.48. The molecule has 9 heteroatoms. The smallest absolute Gasteiger partial charge is 0.262 e. The first-order chi connectivity index (χ1) is 21.8. The highest BCUT2D eigenvalue weighted by molar-refractivity contribution is 5.85. The zero-order valence-electron chi connectivity index (χ0n) is 26.9. The number of ether oxygens (including phenoxy) is 2. The molecule has 3 aromatic carbocycles. The van der Waals surface area contributed by atoms with Crippen LogP contribution in [0.25, 0.3) is 22.3 Å². The molecule has 1 aliphatic heterocycles. The molecule has 1 aliphatic rings. The van der Waals surface area contributed by atoms with Gasteiger partial charge in [0.15, 0.2) is 0 Å². The Morgan fingerprint density at radius 2 is 1.69 bits per heavy atom. The summed E-state index contributed by atoms with van der Waals surface area (Å²) in [4.78, 5) is 37.0. The van der Waals surface area contributed by atoms with E-state index in [1.54, 1.807) is 14.2 Å². The Balaban J connectivity index is 1.58. The van der Waals surface area contributed by atoms with Crippen molar-refractivity contribution < 1.29 is 14.3 Å². The summed E-state index contributed by atoms with van der Waals surface area (Å²) in [5.41, 5.74) is 8.92. The van der Waals surface area contributed by atoms with Gasteiger partial charge >= 0.3 is 0 Å². The first-order valence-electron chi connectivity index (χ1n) is 15.9. The minimum Gasteiger partial charge on any atom is -0.497 e. The molecule has 1 fully saturated rings. The Bertz CT molecular complexity index is 1660. The van der Waals surface area contributed by atoms with Crippen molar-refractivity contribution in [2.75, 3.05) is 45.3 Å². The van der Waals surface area contributed by atoms with Crippen LogP contribution in [0.15, 0.2) is 71.5 Å². The van der Waals surface area contributed by atoms with Crippen LogP contribution >= 0.6 is 0 Å². The fraction of sp³-hybridized carbons (Fsp3) is 0.417. The maximum atomic E-state index is 14.4. The van der Waals surface area contributed by atoms with Crippen LogP contribution in [0.5, 0.6) is 11.5 Å². The number of likely N-dealkylation sites (tertiary alicyclic amines) is 1. The average Bonchev–Trinajstić information content (AvgIpc) is 3.05. The van der Waals surface area contributed by atoms with E-state index in [1.807, 2.05) is 68.4 Å². The molecular formula is C36H45N5O4. The van der Waals surface area contributed by atoms with Crippen LogP contribution in [-0.2, 0) is 11.3 Å². The summed E-state index contributed by atoms with van der Waals surface area (Å²) in [6.45, 7) is 8.63. The molecule has 238 valence electrons. The number of hydrogen-bond acceptors (Lipinski definition) is 7. The highest BCUT2D eigenvalue weighted by Crippen LogP contribution is 2.30. The number of piperidine rings is 1. The van der Waals surface area contributed by atoms with Crippen molar-refractivity contribution in [3.63, 3.8) is 0 Å². The van der Waals surface area contributed by atoms with Gasteiger partial charge in [-0.3, -0.25) is 14.2 Å². The lowest BCUT2D eigenvalue weighted by Gasteiger charge is -2.29. The molecule has 1 saturated heterocycles. The van der Waals surface area contributed by atoms with E-state index in [0.717, 1.165) is 49.6 Å². The van der Waals surface area contributed by atoms with Crippen LogP contribution in [0.3, 0.4) is 0 Å². The molecule has 0 aliphatic carbocycles. The van der Waals surface area contributed by atoms with E-state index >= 15 is 0 Å². The summed E-state index contributed by atoms with van der Waals surface area (Å²) in [5.74, 6) is 1.02. The van der Waals surface area contributed by atoms with Crippen molar-refractivity contribution in [2.24, 2.45) is 11.7 Å². The largest absolute Gasteiger partial charge is 0.497 e. The van der Waals surface area contributed by atoms with Gasteiger partial charge in [-0.1, -0.05) is 44.5 Å². The lowest BCUT2D eigenvalue weighted by atomic mass is 10.0. The van der Waals surface area contributed by atoms with Crippen LogP contribution < -0.4 is 25.7 Å².